The molecule has 1 amide bonds. The summed E-state index contributed by atoms with van der Waals surface area (Å²) in [5.74, 6) is 0.360. The van der Waals surface area contributed by atoms with Crippen LogP contribution in [0.3, 0.4) is 0 Å². The SMILES string of the molecule is CN=C(NCCNC(=O)c1ccccc1)N(C)Cc1ccc(F)cc1.I. The molecule has 0 spiro atoms. The van der Waals surface area contributed by atoms with E-state index in [0.29, 0.717) is 31.2 Å². The number of hydrogen-bond acceptors (Lipinski definition) is 2. The second kappa shape index (κ2) is 11.5. The van der Waals surface area contributed by atoms with E-state index < -0.39 is 0 Å². The number of aliphatic imine (C=N–C) groups is 1. The van der Waals surface area contributed by atoms with Crippen LogP contribution in [-0.2, 0) is 6.54 Å². The van der Waals surface area contributed by atoms with Crippen molar-refractivity contribution in [2.45, 2.75) is 6.54 Å². The summed E-state index contributed by atoms with van der Waals surface area (Å²) in [7, 11) is 3.60. The number of halogens is 2. The fourth-order valence-corrected chi connectivity index (χ4v) is 2.37. The van der Waals surface area contributed by atoms with Crippen molar-refractivity contribution < 1.29 is 9.18 Å². The zero-order chi connectivity index (χ0) is 18.1. The van der Waals surface area contributed by atoms with Gasteiger partial charge in [0.1, 0.15) is 5.82 Å². The Labute approximate surface area is 170 Å². The molecule has 0 aliphatic heterocycles. The molecule has 2 rings (SSSR count). The minimum absolute atomic E-state index is 0. The minimum atomic E-state index is -0.247. The van der Waals surface area contributed by atoms with Crippen LogP contribution in [-0.4, -0.2) is 44.0 Å². The van der Waals surface area contributed by atoms with Gasteiger partial charge in [-0.2, -0.15) is 0 Å². The fraction of sp³-hybridized carbons (Fsp3) is 0.263. The quantitative estimate of drug-likeness (QED) is 0.296. The lowest BCUT2D eigenvalue weighted by Crippen LogP contribution is -2.42. The van der Waals surface area contributed by atoms with Crippen LogP contribution in [0.2, 0.25) is 0 Å². The van der Waals surface area contributed by atoms with E-state index in [1.807, 2.05) is 30.1 Å². The summed E-state index contributed by atoms with van der Waals surface area (Å²) < 4.78 is 13.0. The van der Waals surface area contributed by atoms with Gasteiger partial charge < -0.3 is 15.5 Å². The van der Waals surface area contributed by atoms with Gasteiger partial charge in [-0.1, -0.05) is 30.3 Å². The van der Waals surface area contributed by atoms with Crippen LogP contribution in [0.25, 0.3) is 0 Å². The van der Waals surface area contributed by atoms with Crippen molar-refractivity contribution in [2.24, 2.45) is 4.99 Å². The predicted octanol–water partition coefficient (Wildman–Crippen LogP) is 2.88. The molecule has 0 unspecified atom stereocenters. The summed E-state index contributed by atoms with van der Waals surface area (Å²) in [6.45, 7) is 1.65. The topological polar surface area (TPSA) is 56.7 Å². The second-order valence-corrected chi connectivity index (χ2v) is 5.58. The molecule has 5 nitrogen and oxygen atoms in total. The Morgan fingerprint density at radius 2 is 1.65 bits per heavy atom. The van der Waals surface area contributed by atoms with Crippen LogP contribution in [0.1, 0.15) is 15.9 Å². The summed E-state index contributed by atoms with van der Waals surface area (Å²) in [5, 5.41) is 6.05. The van der Waals surface area contributed by atoms with E-state index in [4.69, 9.17) is 0 Å². The third-order valence-corrected chi connectivity index (χ3v) is 3.64. The minimum Gasteiger partial charge on any atom is -0.354 e. The Balaban J connectivity index is 0.00000338. The lowest BCUT2D eigenvalue weighted by molar-refractivity contribution is 0.0954. The van der Waals surface area contributed by atoms with Crippen LogP contribution < -0.4 is 10.6 Å². The van der Waals surface area contributed by atoms with E-state index in [0.717, 1.165) is 5.56 Å². The van der Waals surface area contributed by atoms with E-state index in [1.165, 1.54) is 12.1 Å². The molecule has 0 radical (unpaired) electrons. The number of rotatable bonds is 6. The molecule has 0 heterocycles. The van der Waals surface area contributed by atoms with E-state index in [1.54, 1.807) is 31.3 Å². The first-order chi connectivity index (χ1) is 12.1. The van der Waals surface area contributed by atoms with Crippen molar-refractivity contribution in [3.8, 4) is 0 Å². The van der Waals surface area contributed by atoms with Gasteiger partial charge in [0.2, 0.25) is 0 Å². The molecular formula is C19H24FIN4O. The van der Waals surface area contributed by atoms with Gasteiger partial charge in [0.05, 0.1) is 0 Å². The van der Waals surface area contributed by atoms with E-state index in [2.05, 4.69) is 15.6 Å². The Bertz CT molecular complexity index is 707. The third-order valence-electron chi connectivity index (χ3n) is 3.64. The first-order valence-corrected chi connectivity index (χ1v) is 8.09. The first-order valence-electron chi connectivity index (χ1n) is 8.09. The maximum absolute atomic E-state index is 13.0. The van der Waals surface area contributed by atoms with Crippen LogP contribution in [0.15, 0.2) is 59.6 Å². The number of benzene rings is 2. The monoisotopic (exact) mass is 470 g/mol. The highest BCUT2D eigenvalue weighted by atomic mass is 127. The average Bonchev–Trinajstić information content (AvgIpc) is 2.64. The van der Waals surface area contributed by atoms with Crippen molar-refractivity contribution >= 4 is 35.8 Å². The van der Waals surface area contributed by atoms with Crippen molar-refractivity contribution in [1.82, 2.24) is 15.5 Å². The molecule has 2 aromatic rings. The smallest absolute Gasteiger partial charge is 0.251 e. The molecule has 7 heteroatoms. The summed E-state index contributed by atoms with van der Waals surface area (Å²) in [6, 6.07) is 15.5. The van der Waals surface area contributed by atoms with Gasteiger partial charge >= 0.3 is 0 Å². The van der Waals surface area contributed by atoms with Crippen molar-refractivity contribution in [1.29, 1.82) is 0 Å². The molecule has 0 aliphatic rings. The molecule has 0 atom stereocenters. The molecule has 0 saturated carbocycles. The molecule has 2 N–H and O–H groups in total. The number of carbonyl (C=O) groups is 1. The van der Waals surface area contributed by atoms with E-state index in [-0.39, 0.29) is 35.7 Å². The van der Waals surface area contributed by atoms with E-state index in [9.17, 15) is 9.18 Å². The fourth-order valence-electron chi connectivity index (χ4n) is 2.37. The molecule has 0 aliphatic carbocycles. The Hall–Kier alpha value is -2.16. The molecule has 140 valence electrons. The van der Waals surface area contributed by atoms with Crippen LogP contribution in [0.5, 0.6) is 0 Å². The number of hydrogen-bond donors (Lipinski definition) is 2. The van der Waals surface area contributed by atoms with E-state index >= 15 is 0 Å². The molecule has 0 bridgehead atoms. The first kappa shape index (κ1) is 21.9. The standard InChI is InChI=1S/C19H23FN4O.HI/c1-21-19(24(2)14-15-8-10-17(20)11-9-15)23-13-12-22-18(25)16-6-4-3-5-7-16;/h3-11H,12-14H2,1-2H3,(H,21,23)(H,22,25);1H. The maximum atomic E-state index is 13.0. The molecule has 0 aromatic heterocycles. The third kappa shape index (κ3) is 6.99. The number of nitrogens with zero attached hydrogens (tertiary/aromatic N) is 2. The number of amides is 1. The molecule has 0 fully saturated rings. The van der Waals surface area contributed by atoms with Gasteiger partial charge in [-0.05, 0) is 29.8 Å². The average molecular weight is 470 g/mol. The summed E-state index contributed by atoms with van der Waals surface area (Å²) in [6.07, 6.45) is 0. The summed E-state index contributed by atoms with van der Waals surface area (Å²) >= 11 is 0. The largest absolute Gasteiger partial charge is 0.354 e. The summed E-state index contributed by atoms with van der Waals surface area (Å²) in [5.41, 5.74) is 1.63. The normalized spacial score (nSPS) is 10.7. The molecule has 26 heavy (non-hydrogen) atoms. The summed E-state index contributed by atoms with van der Waals surface area (Å²) in [4.78, 5) is 18.1. The lowest BCUT2D eigenvalue weighted by atomic mass is 10.2. The zero-order valence-electron chi connectivity index (χ0n) is 14.9. The van der Waals surface area contributed by atoms with Crippen molar-refractivity contribution in [3.63, 3.8) is 0 Å². The molecule has 2 aromatic carbocycles. The van der Waals surface area contributed by atoms with Crippen LogP contribution in [0, 0.1) is 5.82 Å². The number of guanidine groups is 1. The van der Waals surface area contributed by atoms with Gasteiger partial charge in [0.25, 0.3) is 5.91 Å². The van der Waals surface area contributed by atoms with Gasteiger partial charge in [-0.25, -0.2) is 4.39 Å². The van der Waals surface area contributed by atoms with Gasteiger partial charge in [0, 0.05) is 39.3 Å². The van der Waals surface area contributed by atoms with Crippen LogP contribution >= 0.6 is 24.0 Å². The second-order valence-electron chi connectivity index (χ2n) is 5.58. The van der Waals surface area contributed by atoms with Crippen molar-refractivity contribution in [3.05, 3.63) is 71.5 Å². The number of carbonyl (C=O) groups excluding carboxylic acids is 1. The maximum Gasteiger partial charge on any atom is 0.251 e. The highest BCUT2D eigenvalue weighted by Crippen LogP contribution is 2.05. The molecular weight excluding hydrogens is 446 g/mol. The molecule has 0 saturated heterocycles. The van der Waals surface area contributed by atoms with Crippen molar-refractivity contribution in [2.75, 3.05) is 27.2 Å². The van der Waals surface area contributed by atoms with Gasteiger partial charge in [0.15, 0.2) is 5.96 Å². The van der Waals surface area contributed by atoms with Gasteiger partial charge in [-0.3, -0.25) is 9.79 Å². The number of nitrogens with one attached hydrogen (secondary N) is 2. The zero-order valence-corrected chi connectivity index (χ0v) is 17.2. The van der Waals surface area contributed by atoms with Crippen LogP contribution in [0.4, 0.5) is 4.39 Å². The Morgan fingerprint density at radius 3 is 2.27 bits per heavy atom. The Morgan fingerprint density at radius 1 is 1.04 bits per heavy atom. The highest BCUT2D eigenvalue weighted by Gasteiger charge is 2.07. The lowest BCUT2D eigenvalue weighted by Gasteiger charge is -2.22. The van der Waals surface area contributed by atoms with Gasteiger partial charge in [-0.15, -0.1) is 24.0 Å². The highest BCUT2D eigenvalue weighted by molar-refractivity contribution is 14.0. The predicted molar refractivity (Wildman–Crippen MR) is 113 cm³/mol. The Kier molecular flexibility index (Phi) is 9.64.